The van der Waals surface area contributed by atoms with Gasteiger partial charge in [0.15, 0.2) is 5.60 Å². The molecular formula is C33H25N3O3. The van der Waals surface area contributed by atoms with Gasteiger partial charge in [-0.3, -0.25) is 24.9 Å². The molecular weight excluding hydrogens is 486 g/mol. The van der Waals surface area contributed by atoms with Crippen molar-refractivity contribution >= 4 is 17.4 Å². The Hall–Kier alpha value is -4.68. The quantitative estimate of drug-likeness (QED) is 0.308. The predicted octanol–water partition coefficient (Wildman–Crippen LogP) is 4.29. The van der Waals surface area contributed by atoms with Crippen LogP contribution in [0, 0.1) is 23.7 Å². The Kier molecular flexibility index (Phi) is 5.39. The monoisotopic (exact) mass is 511 g/mol. The van der Waals surface area contributed by atoms with E-state index in [4.69, 9.17) is 4.98 Å². The second-order valence-corrected chi connectivity index (χ2v) is 10.2. The smallest absolute Gasteiger partial charge is 0.231 e. The van der Waals surface area contributed by atoms with E-state index in [0.717, 1.165) is 22.4 Å². The molecule has 2 N–H and O–H groups in total. The maximum atomic E-state index is 13.3. The molecule has 39 heavy (non-hydrogen) atoms. The molecule has 2 amide bonds. The van der Waals surface area contributed by atoms with Gasteiger partial charge < -0.3 is 5.11 Å². The molecule has 1 saturated heterocycles. The van der Waals surface area contributed by atoms with E-state index in [1.54, 1.807) is 18.5 Å². The third kappa shape index (κ3) is 3.45. The average Bonchev–Trinajstić information content (AvgIpc) is 3.63. The molecule has 0 radical (unpaired) electrons. The van der Waals surface area contributed by atoms with Gasteiger partial charge in [-0.2, -0.15) is 0 Å². The summed E-state index contributed by atoms with van der Waals surface area (Å²) in [6, 6.07) is 30.6. The maximum absolute atomic E-state index is 13.3. The van der Waals surface area contributed by atoms with Crippen LogP contribution in [-0.4, -0.2) is 26.9 Å². The summed E-state index contributed by atoms with van der Waals surface area (Å²) in [5.74, 6) is -2.62. The van der Waals surface area contributed by atoms with Crippen molar-refractivity contribution in [3.05, 3.63) is 149 Å². The summed E-state index contributed by atoms with van der Waals surface area (Å²) in [7, 11) is 0. The number of allylic oxidation sites excluding steroid dienone is 2. The maximum Gasteiger partial charge on any atom is 0.231 e. The average molecular weight is 512 g/mol. The van der Waals surface area contributed by atoms with Gasteiger partial charge in [-0.1, -0.05) is 78.9 Å². The van der Waals surface area contributed by atoms with Crippen molar-refractivity contribution in [2.24, 2.45) is 23.7 Å². The lowest BCUT2D eigenvalue weighted by molar-refractivity contribution is -0.126. The van der Waals surface area contributed by atoms with Gasteiger partial charge in [-0.15, -0.1) is 0 Å². The molecule has 3 aliphatic rings. The van der Waals surface area contributed by atoms with Gasteiger partial charge >= 0.3 is 0 Å². The van der Waals surface area contributed by atoms with Crippen LogP contribution in [0.1, 0.15) is 22.5 Å². The first kappa shape index (κ1) is 23.4. The Morgan fingerprint density at radius 1 is 0.744 bits per heavy atom. The topological polar surface area (TPSA) is 92.2 Å². The van der Waals surface area contributed by atoms with Crippen LogP contribution in [0.25, 0.3) is 5.57 Å². The fourth-order valence-electron chi connectivity index (χ4n) is 6.77. The number of imide groups is 1. The van der Waals surface area contributed by atoms with E-state index in [9.17, 15) is 14.7 Å². The molecule has 0 unspecified atom stereocenters. The SMILES string of the molecule is O=C1NC(=O)[C@H]2[C@H]1[C@H]1C=C([C@@](O)(c3ccccc3)c3ccccn3)[C@H]2/C1=C(\c1ccccc1)c1ccccn1. The first-order chi connectivity index (χ1) is 19.1. The molecule has 1 aliphatic heterocycles. The van der Waals surface area contributed by atoms with Crippen LogP contribution in [0.4, 0.5) is 0 Å². The van der Waals surface area contributed by atoms with Crippen molar-refractivity contribution in [1.29, 1.82) is 0 Å². The highest BCUT2D eigenvalue weighted by molar-refractivity contribution is 6.08. The van der Waals surface area contributed by atoms with Crippen LogP contribution in [-0.2, 0) is 15.2 Å². The molecule has 6 heteroatoms. The normalized spacial score (nSPS) is 26.0. The van der Waals surface area contributed by atoms with E-state index >= 15 is 0 Å². The van der Waals surface area contributed by atoms with Crippen molar-refractivity contribution in [3.8, 4) is 0 Å². The summed E-state index contributed by atoms with van der Waals surface area (Å²) < 4.78 is 0. The zero-order valence-corrected chi connectivity index (χ0v) is 20.9. The molecule has 2 aromatic heterocycles. The summed E-state index contributed by atoms with van der Waals surface area (Å²) in [5, 5.41) is 15.3. The molecule has 3 heterocycles. The van der Waals surface area contributed by atoms with Gasteiger partial charge in [0.2, 0.25) is 11.8 Å². The molecule has 190 valence electrons. The molecule has 2 aliphatic carbocycles. The van der Waals surface area contributed by atoms with E-state index in [-0.39, 0.29) is 17.7 Å². The van der Waals surface area contributed by atoms with Gasteiger partial charge in [0.25, 0.3) is 0 Å². The highest BCUT2D eigenvalue weighted by atomic mass is 16.3. The number of benzene rings is 2. The number of aliphatic hydroxyl groups is 1. The number of aromatic nitrogens is 2. The van der Waals surface area contributed by atoms with Crippen molar-refractivity contribution < 1.29 is 14.7 Å². The Labute approximate surface area is 225 Å². The van der Waals surface area contributed by atoms with Crippen LogP contribution in [0.5, 0.6) is 0 Å². The molecule has 1 saturated carbocycles. The van der Waals surface area contributed by atoms with Crippen LogP contribution < -0.4 is 5.32 Å². The van der Waals surface area contributed by atoms with Crippen LogP contribution >= 0.6 is 0 Å². The number of carbonyl (C=O) groups is 2. The fourth-order valence-corrected chi connectivity index (χ4v) is 6.77. The number of hydrogen-bond donors (Lipinski definition) is 2. The first-order valence-electron chi connectivity index (χ1n) is 13.1. The lowest BCUT2D eigenvalue weighted by Gasteiger charge is -2.36. The Balaban J connectivity index is 1.53. The predicted molar refractivity (Wildman–Crippen MR) is 146 cm³/mol. The number of rotatable bonds is 5. The van der Waals surface area contributed by atoms with E-state index in [1.807, 2.05) is 97.1 Å². The van der Waals surface area contributed by atoms with Crippen molar-refractivity contribution in [3.63, 3.8) is 0 Å². The number of pyridine rings is 2. The molecule has 2 bridgehead atoms. The van der Waals surface area contributed by atoms with Gasteiger partial charge in [0.05, 0.1) is 23.2 Å². The van der Waals surface area contributed by atoms with Crippen molar-refractivity contribution in [2.75, 3.05) is 0 Å². The highest BCUT2D eigenvalue weighted by Gasteiger charge is 2.64. The fraction of sp³-hybridized carbons (Fsp3) is 0.152. The van der Waals surface area contributed by atoms with E-state index in [1.165, 1.54) is 0 Å². The number of nitrogens with one attached hydrogen (secondary N) is 1. The number of hydrogen-bond acceptors (Lipinski definition) is 5. The summed E-state index contributed by atoms with van der Waals surface area (Å²) in [6.07, 6.45) is 5.41. The second kappa shape index (κ2) is 8.96. The second-order valence-electron chi connectivity index (χ2n) is 10.2. The summed E-state index contributed by atoms with van der Waals surface area (Å²) in [6.45, 7) is 0. The third-order valence-corrected chi connectivity index (χ3v) is 8.29. The van der Waals surface area contributed by atoms with Crippen LogP contribution in [0.3, 0.4) is 0 Å². The zero-order chi connectivity index (χ0) is 26.6. The summed E-state index contributed by atoms with van der Waals surface area (Å²) in [5.41, 5.74) is 3.74. The Bertz CT molecular complexity index is 1550. The zero-order valence-electron chi connectivity index (χ0n) is 20.9. The van der Waals surface area contributed by atoms with Crippen molar-refractivity contribution in [2.45, 2.75) is 5.60 Å². The third-order valence-electron chi connectivity index (χ3n) is 8.29. The Morgan fingerprint density at radius 3 is 2.05 bits per heavy atom. The van der Waals surface area contributed by atoms with E-state index in [0.29, 0.717) is 16.8 Å². The first-order valence-corrected chi connectivity index (χ1v) is 13.1. The number of fused-ring (bicyclic) bond motifs is 5. The van der Waals surface area contributed by atoms with Gasteiger partial charge in [0, 0.05) is 29.8 Å². The Morgan fingerprint density at radius 2 is 1.38 bits per heavy atom. The molecule has 0 spiro atoms. The van der Waals surface area contributed by atoms with Gasteiger partial charge in [-0.25, -0.2) is 0 Å². The summed E-state index contributed by atoms with van der Waals surface area (Å²) in [4.78, 5) is 35.7. The minimum Gasteiger partial charge on any atom is -0.375 e. The van der Waals surface area contributed by atoms with Gasteiger partial charge in [-0.05, 0) is 46.5 Å². The lowest BCUT2D eigenvalue weighted by Crippen LogP contribution is -2.38. The number of carbonyl (C=O) groups excluding carboxylic acids is 2. The lowest BCUT2D eigenvalue weighted by atomic mass is 9.71. The highest BCUT2D eigenvalue weighted by Crippen LogP contribution is 2.63. The van der Waals surface area contributed by atoms with Crippen LogP contribution in [0.15, 0.2) is 127 Å². The molecule has 7 rings (SSSR count). The minimum absolute atomic E-state index is 0.264. The molecule has 6 nitrogen and oxygen atoms in total. The van der Waals surface area contributed by atoms with Crippen LogP contribution in [0.2, 0.25) is 0 Å². The summed E-state index contributed by atoms with van der Waals surface area (Å²) >= 11 is 0. The number of amides is 2. The standard InChI is InChI=1S/C33H25N3O3/c37-31-28-22-19-23(33(39,21-13-5-2-6-14-21)25-16-8-10-18-35-25)29(30(28)32(38)36-31)27(22)26(20-11-3-1-4-12-20)24-15-7-9-17-34-24/h1-19,22,28-30,39H,(H,36,37,38)/b27-26+/t22-,28+,29-,30-,33-/m0/s1. The molecule has 2 aromatic carbocycles. The molecule has 4 aromatic rings. The molecule has 2 fully saturated rings. The van der Waals surface area contributed by atoms with E-state index in [2.05, 4.69) is 10.3 Å². The van der Waals surface area contributed by atoms with E-state index < -0.39 is 23.4 Å². The largest absolute Gasteiger partial charge is 0.375 e. The minimum atomic E-state index is -1.60. The number of nitrogens with zero attached hydrogens (tertiary/aromatic N) is 2. The van der Waals surface area contributed by atoms with Gasteiger partial charge in [0.1, 0.15) is 0 Å². The van der Waals surface area contributed by atoms with Crippen molar-refractivity contribution in [1.82, 2.24) is 15.3 Å². The molecule has 5 atom stereocenters.